The molecule has 5 nitrogen and oxygen atoms in total. The highest BCUT2D eigenvalue weighted by Crippen LogP contribution is 2.37. The van der Waals surface area contributed by atoms with Crippen molar-refractivity contribution in [3.8, 4) is 11.1 Å². The summed E-state index contributed by atoms with van der Waals surface area (Å²) in [5.74, 6) is -0.339. The van der Waals surface area contributed by atoms with Crippen molar-refractivity contribution in [1.82, 2.24) is 13.7 Å². The van der Waals surface area contributed by atoms with Crippen LogP contribution in [0.1, 0.15) is 5.69 Å². The van der Waals surface area contributed by atoms with Crippen molar-refractivity contribution in [1.29, 1.82) is 0 Å². The van der Waals surface area contributed by atoms with E-state index < -0.39 is 10.0 Å². The number of hydrogen-bond donors (Lipinski definition) is 1. The lowest BCUT2D eigenvalue weighted by atomic mass is 10.0. The van der Waals surface area contributed by atoms with Crippen LogP contribution in [0.4, 0.5) is 4.39 Å². The summed E-state index contributed by atoms with van der Waals surface area (Å²) < 4.78 is 42.6. The van der Waals surface area contributed by atoms with Gasteiger partial charge in [-0.3, -0.25) is 0 Å². The van der Waals surface area contributed by atoms with Crippen molar-refractivity contribution < 1.29 is 12.8 Å². The second kappa shape index (κ2) is 9.08. The second-order valence-electron chi connectivity index (χ2n) is 7.01. The van der Waals surface area contributed by atoms with Crippen LogP contribution >= 0.6 is 23.4 Å². The van der Waals surface area contributed by atoms with Crippen LogP contribution in [-0.2, 0) is 16.6 Å². The van der Waals surface area contributed by atoms with Crippen molar-refractivity contribution in [3.63, 3.8) is 0 Å². The molecule has 0 aliphatic carbocycles. The van der Waals surface area contributed by atoms with Gasteiger partial charge in [-0.2, -0.15) is 0 Å². The summed E-state index contributed by atoms with van der Waals surface area (Å²) in [5.41, 5.74) is 3.13. The highest BCUT2D eigenvalue weighted by atomic mass is 35.5. The fourth-order valence-corrected chi connectivity index (χ4v) is 4.61. The van der Waals surface area contributed by atoms with Gasteiger partial charge in [-0.1, -0.05) is 23.7 Å². The maximum absolute atomic E-state index is 14.4. The molecule has 0 unspecified atom stereocenters. The van der Waals surface area contributed by atoms with Gasteiger partial charge in [0.2, 0.25) is 10.0 Å². The monoisotopic (exact) mass is 469 g/mol. The Kier molecular flexibility index (Phi) is 6.89. The molecule has 0 amide bonds. The van der Waals surface area contributed by atoms with Gasteiger partial charge in [0.15, 0.2) is 0 Å². The lowest BCUT2D eigenvalue weighted by Gasteiger charge is -2.13. The van der Waals surface area contributed by atoms with Gasteiger partial charge in [0.25, 0.3) is 0 Å². The summed E-state index contributed by atoms with van der Waals surface area (Å²) in [6.07, 6.45) is 1.37. The Hall–Kier alpha value is -1.90. The van der Waals surface area contributed by atoms with Crippen molar-refractivity contribution in [2.24, 2.45) is 0 Å². The minimum absolute atomic E-state index is 0.0260. The van der Waals surface area contributed by atoms with E-state index in [1.54, 1.807) is 24.3 Å². The quantitative estimate of drug-likeness (QED) is 0.488. The molecule has 0 aliphatic rings. The third-order valence-electron chi connectivity index (χ3n) is 4.90. The van der Waals surface area contributed by atoms with E-state index in [4.69, 9.17) is 23.4 Å². The molecule has 1 heterocycles. The molecular formula is C21H22Cl2FN3O2S. The Morgan fingerprint density at radius 1 is 1.23 bits per heavy atom. The Morgan fingerprint density at radius 2 is 1.97 bits per heavy atom. The first-order chi connectivity index (χ1) is 14.2. The van der Waals surface area contributed by atoms with Crippen molar-refractivity contribution in [2.45, 2.75) is 18.4 Å². The molecule has 3 aromatic rings. The van der Waals surface area contributed by atoms with E-state index in [1.807, 2.05) is 29.7 Å². The predicted octanol–water partition coefficient (Wildman–Crippen LogP) is 5.12. The fourth-order valence-electron chi connectivity index (χ4n) is 3.41. The SMILES string of the molecule is Cc1c(-c2cccc(S(=O)(=O)N(C)C)c2)c2cc(Cl)ccc2n1C/C(F)=C/CNCl. The van der Waals surface area contributed by atoms with Crippen LogP contribution in [0.2, 0.25) is 5.02 Å². The Labute approximate surface area is 185 Å². The lowest BCUT2D eigenvalue weighted by molar-refractivity contribution is 0.521. The van der Waals surface area contributed by atoms with Crippen LogP contribution in [0.25, 0.3) is 22.0 Å². The highest BCUT2D eigenvalue weighted by Gasteiger charge is 2.21. The third-order valence-corrected chi connectivity index (χ3v) is 7.10. The Morgan fingerprint density at radius 3 is 2.63 bits per heavy atom. The molecule has 0 fully saturated rings. The van der Waals surface area contributed by atoms with Gasteiger partial charge in [0.1, 0.15) is 5.83 Å². The zero-order chi connectivity index (χ0) is 22.1. The van der Waals surface area contributed by atoms with E-state index in [0.29, 0.717) is 10.6 Å². The molecule has 160 valence electrons. The summed E-state index contributed by atoms with van der Waals surface area (Å²) >= 11 is 11.7. The molecule has 0 bridgehead atoms. The predicted molar refractivity (Wildman–Crippen MR) is 121 cm³/mol. The van der Waals surface area contributed by atoms with Crippen LogP contribution in [0.15, 0.2) is 59.3 Å². The van der Waals surface area contributed by atoms with Crippen molar-refractivity contribution in [3.05, 3.63) is 65.1 Å². The average molecular weight is 470 g/mol. The topological polar surface area (TPSA) is 54.3 Å². The summed E-state index contributed by atoms with van der Waals surface area (Å²) in [6, 6.07) is 12.1. The Balaban J connectivity index is 2.22. The minimum Gasteiger partial charge on any atom is -0.337 e. The number of benzene rings is 2. The van der Waals surface area contributed by atoms with Crippen LogP contribution in [0.5, 0.6) is 0 Å². The molecule has 0 radical (unpaired) electrons. The van der Waals surface area contributed by atoms with Crippen molar-refractivity contribution >= 4 is 44.3 Å². The van der Waals surface area contributed by atoms with Crippen LogP contribution in [0, 0.1) is 6.92 Å². The standard InChI is InChI=1S/C21H22Cl2FN3O2S/c1-14-21(15-5-4-6-18(11-15)30(28,29)26(2)3)19-12-16(22)7-8-20(19)27(14)13-17(24)9-10-25-23/h4-9,11-12,25H,10,13H2,1-3H3/b17-9-. The first-order valence-electron chi connectivity index (χ1n) is 9.16. The molecule has 1 N–H and O–H groups in total. The maximum Gasteiger partial charge on any atom is 0.242 e. The molecule has 30 heavy (non-hydrogen) atoms. The van der Waals surface area contributed by atoms with Gasteiger partial charge in [0, 0.05) is 47.8 Å². The van der Waals surface area contributed by atoms with E-state index in [1.165, 1.54) is 24.5 Å². The number of sulfonamides is 1. The number of allylic oxidation sites excluding steroid dienone is 1. The number of rotatable bonds is 7. The first kappa shape index (κ1) is 22.8. The Bertz CT molecular complexity index is 1220. The molecule has 0 spiro atoms. The molecule has 0 aliphatic heterocycles. The first-order valence-corrected chi connectivity index (χ1v) is 11.4. The van der Waals surface area contributed by atoms with Gasteiger partial charge in [-0.25, -0.2) is 21.9 Å². The van der Waals surface area contributed by atoms with E-state index in [0.717, 1.165) is 22.2 Å². The van der Waals surface area contributed by atoms with Crippen LogP contribution in [-0.4, -0.2) is 37.9 Å². The molecule has 9 heteroatoms. The molecule has 0 saturated carbocycles. The molecule has 1 aromatic heterocycles. The largest absolute Gasteiger partial charge is 0.337 e. The number of nitrogens with zero attached hydrogens (tertiary/aromatic N) is 2. The average Bonchev–Trinajstić information content (AvgIpc) is 2.97. The summed E-state index contributed by atoms with van der Waals surface area (Å²) in [7, 11) is -0.613. The van der Waals surface area contributed by atoms with Crippen molar-refractivity contribution in [2.75, 3.05) is 20.6 Å². The van der Waals surface area contributed by atoms with Crippen LogP contribution in [0.3, 0.4) is 0 Å². The molecule has 2 aromatic carbocycles. The van der Waals surface area contributed by atoms with Crippen LogP contribution < -0.4 is 4.84 Å². The van der Waals surface area contributed by atoms with Gasteiger partial charge in [-0.05, 0) is 60.7 Å². The molecule has 0 atom stereocenters. The molecule has 3 rings (SSSR count). The fraction of sp³-hybridized carbons (Fsp3) is 0.238. The number of halogens is 3. The number of nitrogens with one attached hydrogen (secondary N) is 1. The molecular weight excluding hydrogens is 448 g/mol. The minimum atomic E-state index is -3.59. The normalized spacial score (nSPS) is 12.8. The van der Waals surface area contributed by atoms with E-state index in [2.05, 4.69) is 4.84 Å². The lowest BCUT2D eigenvalue weighted by Crippen LogP contribution is -2.22. The maximum atomic E-state index is 14.4. The summed E-state index contributed by atoms with van der Waals surface area (Å²) in [4.78, 5) is 2.56. The van der Waals surface area contributed by atoms with Gasteiger partial charge in [-0.15, -0.1) is 0 Å². The summed E-state index contributed by atoms with van der Waals surface area (Å²) in [5, 5.41) is 1.36. The van der Waals surface area contributed by atoms with Gasteiger partial charge >= 0.3 is 0 Å². The van der Waals surface area contributed by atoms with Gasteiger partial charge in [0.05, 0.1) is 11.4 Å². The highest BCUT2D eigenvalue weighted by molar-refractivity contribution is 7.89. The molecule has 0 saturated heterocycles. The number of fused-ring (bicyclic) bond motifs is 1. The van der Waals surface area contributed by atoms with Gasteiger partial charge < -0.3 is 4.57 Å². The third kappa shape index (κ3) is 4.40. The van der Waals surface area contributed by atoms with E-state index >= 15 is 0 Å². The zero-order valence-electron chi connectivity index (χ0n) is 16.8. The van der Waals surface area contributed by atoms with E-state index in [-0.39, 0.29) is 23.8 Å². The smallest absolute Gasteiger partial charge is 0.242 e. The number of aromatic nitrogens is 1. The second-order valence-corrected chi connectivity index (χ2v) is 9.87. The number of hydrogen-bond acceptors (Lipinski definition) is 3. The van der Waals surface area contributed by atoms with E-state index in [9.17, 15) is 12.8 Å². The summed E-state index contributed by atoms with van der Waals surface area (Å²) in [6.45, 7) is 2.11. The zero-order valence-corrected chi connectivity index (χ0v) is 19.1.